The predicted octanol–water partition coefficient (Wildman–Crippen LogP) is 5.78. The molecule has 5 nitrogen and oxygen atoms in total. The maximum atomic E-state index is 13.4. The number of aromatic nitrogens is 2. The highest BCUT2D eigenvalue weighted by Crippen LogP contribution is 2.31. The molecule has 0 amide bonds. The van der Waals surface area contributed by atoms with Gasteiger partial charge in [-0.3, -0.25) is 4.79 Å². The smallest absolute Gasteiger partial charge is 0.196 e. The van der Waals surface area contributed by atoms with Crippen molar-refractivity contribution in [1.82, 2.24) is 9.97 Å². The summed E-state index contributed by atoms with van der Waals surface area (Å²) < 4.78 is 5.61. The Kier molecular flexibility index (Phi) is 4.71. The number of para-hydroxylation sites is 1. The lowest BCUT2D eigenvalue weighted by molar-refractivity contribution is 0.104. The van der Waals surface area contributed by atoms with Crippen LogP contribution in [0.2, 0.25) is 0 Å². The fourth-order valence-corrected chi connectivity index (χ4v) is 4.59. The SMILES string of the molecule is COC1=CC(c2[nH]c3ccccc3c2C(=O)c2ccsc2)=N/C1=C\c1[nH]c(C)cc1C. The number of allylic oxidation sites excluding steroid dienone is 1. The van der Waals surface area contributed by atoms with Crippen LogP contribution in [0.15, 0.2) is 69.7 Å². The predicted molar refractivity (Wildman–Crippen MR) is 126 cm³/mol. The fourth-order valence-electron chi connectivity index (χ4n) is 3.95. The molecule has 6 heteroatoms. The van der Waals surface area contributed by atoms with Crippen molar-refractivity contribution in [3.05, 3.63) is 98.5 Å². The van der Waals surface area contributed by atoms with E-state index in [1.54, 1.807) is 7.11 Å². The van der Waals surface area contributed by atoms with Crippen LogP contribution in [-0.2, 0) is 4.74 Å². The third kappa shape index (κ3) is 3.35. The minimum atomic E-state index is -0.0166. The van der Waals surface area contributed by atoms with Crippen molar-refractivity contribution in [2.24, 2.45) is 4.99 Å². The number of H-pyrrole nitrogens is 2. The van der Waals surface area contributed by atoms with Crippen LogP contribution in [0, 0.1) is 13.8 Å². The number of rotatable bonds is 5. The van der Waals surface area contributed by atoms with Crippen molar-refractivity contribution in [2.75, 3.05) is 7.11 Å². The van der Waals surface area contributed by atoms with E-state index < -0.39 is 0 Å². The van der Waals surface area contributed by atoms with Gasteiger partial charge in [-0.1, -0.05) is 18.2 Å². The summed E-state index contributed by atoms with van der Waals surface area (Å²) in [4.78, 5) is 25.0. The lowest BCUT2D eigenvalue weighted by atomic mass is 10.0. The highest BCUT2D eigenvalue weighted by atomic mass is 32.1. The largest absolute Gasteiger partial charge is 0.494 e. The average molecular weight is 428 g/mol. The molecule has 0 aliphatic carbocycles. The summed E-state index contributed by atoms with van der Waals surface area (Å²) in [5, 5.41) is 4.68. The third-order valence-electron chi connectivity index (χ3n) is 5.42. The Bertz CT molecular complexity index is 1400. The molecule has 4 heterocycles. The van der Waals surface area contributed by atoms with Crippen LogP contribution < -0.4 is 0 Å². The van der Waals surface area contributed by atoms with Gasteiger partial charge < -0.3 is 14.7 Å². The number of fused-ring (bicyclic) bond motifs is 1. The molecule has 1 aliphatic heterocycles. The number of aryl methyl sites for hydroxylation is 2. The third-order valence-corrected chi connectivity index (χ3v) is 6.11. The van der Waals surface area contributed by atoms with Gasteiger partial charge >= 0.3 is 0 Å². The van der Waals surface area contributed by atoms with Gasteiger partial charge in [0.25, 0.3) is 0 Å². The van der Waals surface area contributed by atoms with Gasteiger partial charge in [0, 0.05) is 39.3 Å². The van der Waals surface area contributed by atoms with Gasteiger partial charge in [-0.15, -0.1) is 0 Å². The van der Waals surface area contributed by atoms with Crippen LogP contribution in [0.25, 0.3) is 17.0 Å². The Balaban J connectivity index is 1.67. The fraction of sp³-hybridized carbons (Fsp3) is 0.120. The molecule has 0 fully saturated rings. The maximum absolute atomic E-state index is 13.4. The second-order valence-electron chi connectivity index (χ2n) is 7.55. The van der Waals surface area contributed by atoms with E-state index in [0.29, 0.717) is 28.3 Å². The highest BCUT2D eigenvalue weighted by Gasteiger charge is 2.26. The van der Waals surface area contributed by atoms with Crippen molar-refractivity contribution < 1.29 is 9.53 Å². The number of nitrogens with one attached hydrogen (secondary N) is 2. The standard InChI is InChI=1S/C25H21N3O2S/c1-14-10-15(2)26-19(14)11-20-22(30-3)12-21(27-20)24-23(25(29)16-8-9-31-13-16)17-6-4-5-7-18(17)28-24/h4-13,26,28H,1-3H3/b20-11-. The Labute approximate surface area is 183 Å². The molecule has 0 atom stereocenters. The molecular formula is C25H21N3O2S. The van der Waals surface area contributed by atoms with Gasteiger partial charge in [-0.2, -0.15) is 11.3 Å². The summed E-state index contributed by atoms with van der Waals surface area (Å²) in [5.74, 6) is 0.645. The molecule has 1 aliphatic rings. The zero-order chi connectivity index (χ0) is 21.5. The van der Waals surface area contributed by atoms with Crippen molar-refractivity contribution in [3.63, 3.8) is 0 Å². The van der Waals surface area contributed by atoms with E-state index in [4.69, 9.17) is 9.73 Å². The normalized spacial score (nSPS) is 14.9. The summed E-state index contributed by atoms with van der Waals surface area (Å²) in [7, 11) is 1.63. The van der Waals surface area contributed by atoms with Crippen LogP contribution in [-0.4, -0.2) is 28.6 Å². The van der Waals surface area contributed by atoms with Crippen LogP contribution in [0.3, 0.4) is 0 Å². The number of carbonyl (C=O) groups is 1. The zero-order valence-corrected chi connectivity index (χ0v) is 18.3. The minimum Gasteiger partial charge on any atom is -0.494 e. The van der Waals surface area contributed by atoms with Crippen LogP contribution in [0.4, 0.5) is 0 Å². The second kappa shape index (κ2) is 7.56. The van der Waals surface area contributed by atoms with Crippen molar-refractivity contribution in [3.8, 4) is 0 Å². The van der Waals surface area contributed by atoms with Gasteiger partial charge in [0.05, 0.1) is 24.1 Å². The van der Waals surface area contributed by atoms with Crippen molar-refractivity contribution >= 4 is 39.8 Å². The quantitative estimate of drug-likeness (QED) is 0.396. The van der Waals surface area contributed by atoms with E-state index in [1.165, 1.54) is 11.3 Å². The first-order valence-corrected chi connectivity index (χ1v) is 10.9. The van der Waals surface area contributed by atoms with Crippen LogP contribution in [0.1, 0.15) is 38.6 Å². The summed E-state index contributed by atoms with van der Waals surface area (Å²) in [6.45, 7) is 4.08. The van der Waals surface area contributed by atoms with Gasteiger partial charge in [0.2, 0.25) is 0 Å². The molecule has 0 unspecified atom stereocenters. The number of carbonyl (C=O) groups excluding carboxylic acids is 1. The number of hydrogen-bond acceptors (Lipinski definition) is 4. The van der Waals surface area contributed by atoms with Gasteiger partial charge in [0.1, 0.15) is 11.5 Å². The van der Waals surface area contributed by atoms with E-state index >= 15 is 0 Å². The molecule has 154 valence electrons. The molecule has 0 saturated heterocycles. The van der Waals surface area contributed by atoms with E-state index in [2.05, 4.69) is 23.0 Å². The molecule has 31 heavy (non-hydrogen) atoms. The van der Waals surface area contributed by atoms with Gasteiger partial charge in [-0.25, -0.2) is 4.99 Å². The van der Waals surface area contributed by atoms with Crippen LogP contribution in [0.5, 0.6) is 0 Å². The first-order chi connectivity index (χ1) is 15.0. The van der Waals surface area contributed by atoms with E-state index in [-0.39, 0.29) is 5.78 Å². The summed E-state index contributed by atoms with van der Waals surface area (Å²) >= 11 is 1.51. The number of thiophene rings is 1. The van der Waals surface area contributed by atoms with E-state index in [9.17, 15) is 4.79 Å². The monoisotopic (exact) mass is 427 g/mol. The molecule has 2 N–H and O–H groups in total. The number of aliphatic imine (C=N–C) groups is 1. The van der Waals surface area contributed by atoms with Gasteiger partial charge in [-0.05, 0) is 49.1 Å². The molecule has 0 saturated carbocycles. The number of nitrogens with zero attached hydrogens (tertiary/aromatic N) is 1. The Morgan fingerprint density at radius 3 is 2.71 bits per heavy atom. The molecule has 0 radical (unpaired) electrons. The summed E-state index contributed by atoms with van der Waals surface area (Å²) in [5.41, 5.74) is 7.54. The van der Waals surface area contributed by atoms with E-state index in [0.717, 1.165) is 33.6 Å². The van der Waals surface area contributed by atoms with Crippen LogP contribution >= 0.6 is 11.3 Å². The van der Waals surface area contributed by atoms with Crippen molar-refractivity contribution in [1.29, 1.82) is 0 Å². The van der Waals surface area contributed by atoms with Gasteiger partial charge in [0.15, 0.2) is 5.78 Å². The molecule has 0 spiro atoms. The number of ketones is 1. The summed E-state index contributed by atoms with van der Waals surface area (Å²) in [6.07, 6.45) is 3.86. The number of aromatic amines is 2. The average Bonchev–Trinajstić information content (AvgIpc) is 3.53. The maximum Gasteiger partial charge on any atom is 0.196 e. The second-order valence-corrected chi connectivity index (χ2v) is 8.33. The number of hydrogen-bond donors (Lipinski definition) is 2. The first-order valence-electron chi connectivity index (χ1n) is 9.96. The molecule has 1 aromatic carbocycles. The van der Waals surface area contributed by atoms with E-state index in [1.807, 2.05) is 60.2 Å². The Morgan fingerprint density at radius 2 is 2.00 bits per heavy atom. The number of benzene rings is 1. The lowest BCUT2D eigenvalue weighted by Crippen LogP contribution is -2.07. The zero-order valence-electron chi connectivity index (χ0n) is 17.4. The number of methoxy groups -OCH3 is 1. The first kappa shape index (κ1) is 19.3. The summed E-state index contributed by atoms with van der Waals surface area (Å²) in [6, 6.07) is 11.8. The molecule has 4 aromatic rings. The topological polar surface area (TPSA) is 70.2 Å². The molecule has 5 rings (SSSR count). The lowest BCUT2D eigenvalue weighted by Gasteiger charge is -2.02. The Morgan fingerprint density at radius 1 is 1.16 bits per heavy atom. The number of ether oxygens (including phenoxy) is 1. The Hall–Kier alpha value is -3.64. The molecular weight excluding hydrogens is 406 g/mol. The van der Waals surface area contributed by atoms with Crippen molar-refractivity contribution in [2.45, 2.75) is 13.8 Å². The molecule has 0 bridgehead atoms. The minimum absolute atomic E-state index is 0.0166. The highest BCUT2D eigenvalue weighted by molar-refractivity contribution is 7.08. The molecule has 3 aromatic heterocycles.